The zero-order chi connectivity index (χ0) is 25.3. The lowest BCUT2D eigenvalue weighted by Gasteiger charge is -2.13. The fourth-order valence-corrected chi connectivity index (χ4v) is 4.52. The first kappa shape index (κ1) is 25.4. The Balaban J connectivity index is 1.27. The number of para-hydroxylation sites is 3. The third kappa shape index (κ3) is 6.30. The van der Waals surface area contributed by atoms with Crippen molar-refractivity contribution in [3.8, 4) is 5.75 Å². The van der Waals surface area contributed by atoms with E-state index in [1.54, 1.807) is 12.1 Å². The van der Waals surface area contributed by atoms with Gasteiger partial charge < -0.3 is 14.6 Å². The van der Waals surface area contributed by atoms with Crippen molar-refractivity contribution in [1.29, 1.82) is 0 Å². The molecule has 0 spiro atoms. The minimum atomic E-state index is -0.492. The van der Waals surface area contributed by atoms with Gasteiger partial charge in [-0.05, 0) is 68.5 Å². The molecule has 188 valence electrons. The van der Waals surface area contributed by atoms with E-state index in [4.69, 9.17) is 9.72 Å². The number of fused-ring (bicyclic) bond motifs is 1. The van der Waals surface area contributed by atoms with Crippen LogP contribution in [-0.2, 0) is 13.0 Å². The van der Waals surface area contributed by atoms with Crippen LogP contribution < -0.4 is 10.1 Å². The predicted molar refractivity (Wildman–Crippen MR) is 142 cm³/mol. The summed E-state index contributed by atoms with van der Waals surface area (Å²) in [5, 5.41) is 2.81. The lowest BCUT2D eigenvalue weighted by Crippen LogP contribution is -2.25. The third-order valence-corrected chi connectivity index (χ3v) is 6.40. The van der Waals surface area contributed by atoms with Crippen molar-refractivity contribution >= 4 is 16.9 Å². The van der Waals surface area contributed by atoms with E-state index < -0.39 is 5.82 Å². The highest BCUT2D eigenvalue weighted by Crippen LogP contribution is 2.23. The summed E-state index contributed by atoms with van der Waals surface area (Å²) in [6.07, 6.45) is 4.52. The molecular weight excluding hydrogens is 453 g/mol. The number of ether oxygens (including phenoxy) is 1. The van der Waals surface area contributed by atoms with Crippen LogP contribution in [0.3, 0.4) is 0 Å². The monoisotopic (exact) mass is 487 g/mol. The first-order chi connectivity index (χ1) is 17.5. The van der Waals surface area contributed by atoms with Crippen molar-refractivity contribution in [2.24, 2.45) is 0 Å². The smallest absolute Gasteiger partial charge is 0.254 e. The van der Waals surface area contributed by atoms with E-state index in [1.165, 1.54) is 12.1 Å². The largest absolute Gasteiger partial charge is 0.493 e. The van der Waals surface area contributed by atoms with Gasteiger partial charge in [-0.1, -0.05) is 48.9 Å². The van der Waals surface area contributed by atoms with E-state index >= 15 is 0 Å². The summed E-state index contributed by atoms with van der Waals surface area (Å²) < 4.78 is 22.2. The van der Waals surface area contributed by atoms with E-state index in [2.05, 4.69) is 60.1 Å². The van der Waals surface area contributed by atoms with E-state index in [1.807, 2.05) is 6.07 Å². The fourth-order valence-electron chi connectivity index (χ4n) is 4.52. The molecule has 0 aliphatic rings. The molecule has 1 heterocycles. The van der Waals surface area contributed by atoms with Crippen LogP contribution in [0.15, 0.2) is 66.7 Å². The number of hydrogen-bond acceptors (Lipinski definition) is 3. The highest BCUT2D eigenvalue weighted by atomic mass is 19.1. The van der Waals surface area contributed by atoms with Crippen molar-refractivity contribution in [2.45, 2.75) is 52.5 Å². The number of imidazole rings is 1. The second-order valence-electron chi connectivity index (χ2n) is 9.14. The van der Waals surface area contributed by atoms with E-state index in [9.17, 15) is 9.18 Å². The van der Waals surface area contributed by atoms with Crippen LogP contribution in [0.4, 0.5) is 4.39 Å². The van der Waals surface area contributed by atoms with Crippen molar-refractivity contribution in [3.63, 3.8) is 0 Å². The molecule has 4 aromatic rings. The van der Waals surface area contributed by atoms with Crippen LogP contribution >= 0.6 is 0 Å². The quantitative estimate of drug-likeness (QED) is 0.235. The maximum Gasteiger partial charge on any atom is 0.254 e. The van der Waals surface area contributed by atoms with Crippen molar-refractivity contribution in [3.05, 3.63) is 95.1 Å². The van der Waals surface area contributed by atoms with E-state index in [0.29, 0.717) is 13.2 Å². The Morgan fingerprint density at radius 1 is 0.917 bits per heavy atom. The summed E-state index contributed by atoms with van der Waals surface area (Å²) in [7, 11) is 0. The second kappa shape index (κ2) is 12.3. The number of unbranched alkanes of at least 4 members (excludes halogenated alkanes) is 2. The molecule has 4 rings (SSSR count). The molecule has 0 saturated heterocycles. The normalized spacial score (nSPS) is 11.1. The Bertz CT molecular complexity index is 1290. The third-order valence-electron chi connectivity index (χ3n) is 6.40. The van der Waals surface area contributed by atoms with Gasteiger partial charge in [0, 0.05) is 19.5 Å². The molecular formula is C30H34FN3O2. The number of nitrogens with one attached hydrogen (secondary N) is 1. The minimum Gasteiger partial charge on any atom is -0.493 e. The maximum atomic E-state index is 13.7. The van der Waals surface area contributed by atoms with Gasteiger partial charge in [0.2, 0.25) is 0 Å². The molecule has 1 amide bonds. The summed E-state index contributed by atoms with van der Waals surface area (Å²) >= 11 is 0. The highest BCUT2D eigenvalue weighted by molar-refractivity contribution is 5.94. The summed E-state index contributed by atoms with van der Waals surface area (Å²) in [5.41, 5.74) is 4.58. The number of aryl methyl sites for hydroxylation is 4. The Hall–Kier alpha value is -3.67. The topological polar surface area (TPSA) is 56.1 Å². The van der Waals surface area contributed by atoms with Crippen molar-refractivity contribution < 1.29 is 13.9 Å². The first-order valence-corrected chi connectivity index (χ1v) is 12.7. The average molecular weight is 488 g/mol. The van der Waals surface area contributed by atoms with Crippen LogP contribution in [0.1, 0.15) is 53.0 Å². The molecule has 0 atom stereocenters. The Morgan fingerprint density at radius 2 is 1.67 bits per heavy atom. The second-order valence-corrected chi connectivity index (χ2v) is 9.14. The number of hydrogen-bond donors (Lipinski definition) is 1. The van der Waals surface area contributed by atoms with Crippen LogP contribution in [0, 0.1) is 19.7 Å². The number of halogens is 1. The lowest BCUT2D eigenvalue weighted by atomic mass is 10.1. The van der Waals surface area contributed by atoms with Gasteiger partial charge in [-0.3, -0.25) is 4.79 Å². The SMILES string of the molecule is Cc1cccc(C)c1OCCCn1c(CCCCCNC(=O)c2ccccc2F)nc2ccccc21. The van der Waals surface area contributed by atoms with Gasteiger partial charge in [-0.25, -0.2) is 9.37 Å². The molecule has 0 aliphatic carbocycles. The van der Waals surface area contributed by atoms with Crippen molar-refractivity contribution in [2.75, 3.05) is 13.2 Å². The molecule has 3 aromatic carbocycles. The molecule has 0 bridgehead atoms. The molecule has 0 saturated carbocycles. The maximum absolute atomic E-state index is 13.7. The number of benzene rings is 3. The zero-order valence-electron chi connectivity index (χ0n) is 21.1. The van der Waals surface area contributed by atoms with Gasteiger partial charge in [-0.2, -0.15) is 0 Å². The molecule has 1 aromatic heterocycles. The number of carbonyl (C=O) groups excluding carboxylic acids is 1. The number of carbonyl (C=O) groups is 1. The summed E-state index contributed by atoms with van der Waals surface area (Å²) in [6.45, 7) is 6.18. The summed E-state index contributed by atoms with van der Waals surface area (Å²) in [5.74, 6) is 1.21. The molecule has 0 radical (unpaired) electrons. The Morgan fingerprint density at radius 3 is 2.47 bits per heavy atom. The Kier molecular flexibility index (Phi) is 8.71. The highest BCUT2D eigenvalue weighted by Gasteiger charge is 2.12. The van der Waals surface area contributed by atoms with Crippen molar-refractivity contribution in [1.82, 2.24) is 14.9 Å². The van der Waals surface area contributed by atoms with Gasteiger partial charge >= 0.3 is 0 Å². The number of aromatic nitrogens is 2. The van der Waals surface area contributed by atoms with Crippen LogP contribution in [0.2, 0.25) is 0 Å². The van der Waals surface area contributed by atoms with Gasteiger partial charge in [0.1, 0.15) is 17.4 Å². The lowest BCUT2D eigenvalue weighted by molar-refractivity contribution is 0.0949. The first-order valence-electron chi connectivity index (χ1n) is 12.7. The number of rotatable bonds is 12. The molecule has 1 N–H and O–H groups in total. The minimum absolute atomic E-state index is 0.0905. The molecule has 6 heteroatoms. The van der Waals surface area contributed by atoms with Gasteiger partial charge in [0.05, 0.1) is 23.2 Å². The Labute approximate surface area is 212 Å². The van der Waals surface area contributed by atoms with Gasteiger partial charge in [0.25, 0.3) is 5.91 Å². The van der Waals surface area contributed by atoms with Crippen LogP contribution in [0.5, 0.6) is 5.75 Å². The number of amides is 1. The molecule has 36 heavy (non-hydrogen) atoms. The van der Waals surface area contributed by atoms with Crippen LogP contribution in [0.25, 0.3) is 11.0 Å². The van der Waals surface area contributed by atoms with Crippen LogP contribution in [-0.4, -0.2) is 28.6 Å². The van der Waals surface area contributed by atoms with E-state index in [0.717, 1.165) is 72.4 Å². The molecule has 0 unspecified atom stereocenters. The fraction of sp³-hybridized carbons (Fsp3) is 0.333. The molecule has 0 aliphatic heterocycles. The van der Waals surface area contributed by atoms with Gasteiger partial charge in [-0.15, -0.1) is 0 Å². The standard InChI is InChI=1S/C30H34FN3O2/c1-22-12-10-13-23(2)29(22)36-21-11-20-34-27-17-8-7-16-26(27)33-28(34)18-4-3-9-19-32-30(35)24-14-5-6-15-25(24)31/h5-8,10,12-17H,3-4,9,11,18-21H2,1-2H3,(H,32,35). The van der Waals surface area contributed by atoms with Gasteiger partial charge in [0.15, 0.2) is 0 Å². The average Bonchev–Trinajstić information content (AvgIpc) is 3.22. The summed E-state index contributed by atoms with van der Waals surface area (Å²) in [6, 6.07) is 20.5. The predicted octanol–water partition coefficient (Wildman–Crippen LogP) is 6.40. The number of nitrogens with zero attached hydrogens (tertiary/aromatic N) is 2. The van der Waals surface area contributed by atoms with E-state index in [-0.39, 0.29) is 11.5 Å². The molecule has 5 nitrogen and oxygen atoms in total. The molecule has 0 fully saturated rings. The summed E-state index contributed by atoms with van der Waals surface area (Å²) in [4.78, 5) is 17.0. The zero-order valence-corrected chi connectivity index (χ0v) is 21.1.